The van der Waals surface area contributed by atoms with E-state index in [9.17, 15) is 4.79 Å². The first-order valence-corrected chi connectivity index (χ1v) is 5.98. The lowest BCUT2D eigenvalue weighted by Crippen LogP contribution is -1.85. The maximum Gasteiger partial charge on any atom is 0.414 e. The first-order chi connectivity index (χ1) is 8.25. The summed E-state index contributed by atoms with van der Waals surface area (Å²) < 4.78 is 9.10. The summed E-state index contributed by atoms with van der Waals surface area (Å²) in [6.45, 7) is 2.06. The van der Waals surface area contributed by atoms with Gasteiger partial charge in [-0.05, 0) is 29.3 Å². The van der Waals surface area contributed by atoms with Crippen molar-refractivity contribution in [3.05, 3.63) is 51.7 Å². The molecule has 4 heteroatoms. The van der Waals surface area contributed by atoms with Crippen LogP contribution in [0.4, 0.5) is 0 Å². The van der Waals surface area contributed by atoms with Crippen LogP contribution < -0.4 is 4.94 Å². The number of hydrogen-bond donors (Lipinski definition) is 0. The fourth-order valence-electron chi connectivity index (χ4n) is 1.94. The summed E-state index contributed by atoms with van der Waals surface area (Å²) >= 11 is 0.840. The van der Waals surface area contributed by atoms with Gasteiger partial charge in [0.1, 0.15) is 0 Å². The highest BCUT2D eigenvalue weighted by molar-refractivity contribution is 7.02. The Kier molecular flexibility index (Phi) is 2.30. The summed E-state index contributed by atoms with van der Waals surface area (Å²) in [5.41, 5.74) is 2.06. The molecule has 3 aromatic rings. The van der Waals surface area contributed by atoms with Crippen LogP contribution in [0.5, 0.6) is 0 Å². The molecule has 0 aliphatic carbocycles. The molecule has 0 aliphatic rings. The van der Waals surface area contributed by atoms with Crippen LogP contribution in [0.1, 0.15) is 5.56 Å². The molecular formula is C13H9NO2S. The van der Waals surface area contributed by atoms with Crippen molar-refractivity contribution in [3.8, 4) is 11.5 Å². The molecule has 1 heterocycles. The molecule has 0 fully saturated rings. The second-order valence-electron chi connectivity index (χ2n) is 3.82. The predicted octanol–water partition coefficient (Wildman–Crippen LogP) is 3.22. The molecule has 0 amide bonds. The summed E-state index contributed by atoms with van der Waals surface area (Å²) in [7, 11) is 0. The molecular weight excluding hydrogens is 234 g/mol. The van der Waals surface area contributed by atoms with E-state index in [4.69, 9.17) is 4.42 Å². The molecule has 2 aromatic carbocycles. The lowest BCUT2D eigenvalue weighted by Gasteiger charge is -2.05. The summed E-state index contributed by atoms with van der Waals surface area (Å²) in [4.78, 5) is 10.7. The third-order valence-electron chi connectivity index (χ3n) is 2.76. The van der Waals surface area contributed by atoms with Crippen LogP contribution in [0, 0.1) is 6.92 Å². The number of rotatable bonds is 1. The number of aryl methyl sites for hydroxylation is 1. The minimum atomic E-state index is -0.371. The Balaban J connectivity index is 2.38. The molecule has 0 atom stereocenters. The first-order valence-electron chi connectivity index (χ1n) is 5.21. The van der Waals surface area contributed by atoms with Crippen molar-refractivity contribution in [1.82, 2.24) is 4.37 Å². The molecule has 0 spiro atoms. The van der Waals surface area contributed by atoms with Crippen LogP contribution in [0.15, 0.2) is 45.6 Å². The van der Waals surface area contributed by atoms with Gasteiger partial charge in [0.2, 0.25) is 5.89 Å². The summed E-state index contributed by atoms with van der Waals surface area (Å²) in [6.07, 6.45) is 0. The zero-order valence-corrected chi connectivity index (χ0v) is 9.95. The van der Waals surface area contributed by atoms with Crippen molar-refractivity contribution in [1.29, 1.82) is 0 Å². The maximum absolute atomic E-state index is 11.1. The highest BCUT2D eigenvalue weighted by Crippen LogP contribution is 2.29. The summed E-state index contributed by atoms with van der Waals surface area (Å²) in [5.74, 6) is 0.399. The molecule has 84 valence electrons. The van der Waals surface area contributed by atoms with E-state index >= 15 is 0 Å². The molecule has 0 N–H and O–H groups in total. The Morgan fingerprint density at radius 2 is 1.88 bits per heavy atom. The van der Waals surface area contributed by atoms with Crippen molar-refractivity contribution < 1.29 is 4.42 Å². The van der Waals surface area contributed by atoms with E-state index in [1.165, 1.54) is 5.56 Å². The van der Waals surface area contributed by atoms with Gasteiger partial charge in [-0.25, -0.2) is 4.79 Å². The van der Waals surface area contributed by atoms with Crippen LogP contribution in [0.2, 0.25) is 0 Å². The zero-order chi connectivity index (χ0) is 11.8. The number of hydrogen-bond acceptors (Lipinski definition) is 4. The smallest absolute Gasteiger partial charge is 0.394 e. The van der Waals surface area contributed by atoms with E-state index in [1.54, 1.807) is 0 Å². The molecule has 0 saturated carbocycles. The molecule has 17 heavy (non-hydrogen) atoms. The van der Waals surface area contributed by atoms with E-state index in [0.717, 1.165) is 27.9 Å². The van der Waals surface area contributed by atoms with E-state index in [1.807, 2.05) is 30.3 Å². The van der Waals surface area contributed by atoms with Gasteiger partial charge in [-0.15, -0.1) is 4.37 Å². The van der Waals surface area contributed by atoms with Gasteiger partial charge in [-0.3, -0.25) is 0 Å². The van der Waals surface area contributed by atoms with E-state index in [-0.39, 0.29) is 4.94 Å². The van der Waals surface area contributed by atoms with Gasteiger partial charge < -0.3 is 4.42 Å². The van der Waals surface area contributed by atoms with Crippen molar-refractivity contribution in [2.45, 2.75) is 6.92 Å². The third kappa shape index (κ3) is 1.66. The first kappa shape index (κ1) is 10.2. The summed E-state index contributed by atoms with van der Waals surface area (Å²) in [6, 6.07) is 12.0. The van der Waals surface area contributed by atoms with Crippen molar-refractivity contribution in [3.63, 3.8) is 0 Å². The zero-order valence-electron chi connectivity index (χ0n) is 9.14. The minimum Gasteiger partial charge on any atom is -0.394 e. The largest absolute Gasteiger partial charge is 0.414 e. The lowest BCUT2D eigenvalue weighted by molar-refractivity contribution is 0.543. The number of nitrogens with zero attached hydrogens (tertiary/aromatic N) is 1. The second-order valence-corrected chi connectivity index (χ2v) is 4.51. The number of aromatic nitrogens is 1. The molecule has 3 rings (SSSR count). The number of benzene rings is 2. The van der Waals surface area contributed by atoms with Crippen molar-refractivity contribution in [2.75, 3.05) is 0 Å². The molecule has 0 saturated heterocycles. The average Bonchev–Trinajstić information content (AvgIpc) is 2.77. The van der Waals surface area contributed by atoms with Gasteiger partial charge >= 0.3 is 4.94 Å². The van der Waals surface area contributed by atoms with Gasteiger partial charge in [-0.2, -0.15) is 0 Å². The van der Waals surface area contributed by atoms with Crippen LogP contribution in [0.25, 0.3) is 22.2 Å². The Bertz CT molecular complexity index is 742. The van der Waals surface area contributed by atoms with Crippen LogP contribution >= 0.6 is 11.5 Å². The third-order valence-corrected chi connectivity index (χ3v) is 3.25. The lowest BCUT2D eigenvalue weighted by atomic mass is 10.0. The molecule has 0 unspecified atom stereocenters. The van der Waals surface area contributed by atoms with Crippen molar-refractivity contribution in [2.24, 2.45) is 0 Å². The Morgan fingerprint density at radius 3 is 2.59 bits per heavy atom. The van der Waals surface area contributed by atoms with Crippen LogP contribution in [-0.4, -0.2) is 4.37 Å². The highest BCUT2D eigenvalue weighted by atomic mass is 32.1. The summed E-state index contributed by atoms with van der Waals surface area (Å²) in [5, 5.41) is 2.21. The van der Waals surface area contributed by atoms with E-state index < -0.39 is 0 Å². The van der Waals surface area contributed by atoms with Gasteiger partial charge in [0, 0.05) is 5.56 Å². The second kappa shape index (κ2) is 3.82. The van der Waals surface area contributed by atoms with Gasteiger partial charge in [0.25, 0.3) is 0 Å². The SMILES string of the molecule is Cc1ccc(-c2nsc(=O)o2)c2ccccc12. The predicted molar refractivity (Wildman–Crippen MR) is 68.3 cm³/mol. The Morgan fingerprint density at radius 1 is 1.12 bits per heavy atom. The van der Waals surface area contributed by atoms with Gasteiger partial charge in [0.05, 0.1) is 11.5 Å². The molecule has 1 aromatic heterocycles. The Hall–Kier alpha value is -1.94. The fraction of sp³-hybridized carbons (Fsp3) is 0.0769. The molecule has 3 nitrogen and oxygen atoms in total. The standard InChI is InChI=1S/C13H9NO2S/c1-8-6-7-11(12-14-17-13(15)16-12)10-5-3-2-4-9(8)10/h2-7H,1H3. The average molecular weight is 243 g/mol. The van der Waals surface area contributed by atoms with Crippen molar-refractivity contribution >= 4 is 22.3 Å². The topological polar surface area (TPSA) is 43.1 Å². The van der Waals surface area contributed by atoms with E-state index in [2.05, 4.69) is 17.4 Å². The fourth-order valence-corrected chi connectivity index (χ4v) is 2.34. The monoisotopic (exact) mass is 243 g/mol. The Labute approximate surface area is 102 Å². The molecule has 0 bridgehead atoms. The minimum absolute atomic E-state index is 0.371. The van der Waals surface area contributed by atoms with Gasteiger partial charge in [0.15, 0.2) is 0 Å². The number of fused-ring (bicyclic) bond motifs is 1. The molecule has 0 aliphatic heterocycles. The highest BCUT2D eigenvalue weighted by Gasteiger charge is 2.10. The van der Waals surface area contributed by atoms with Crippen LogP contribution in [-0.2, 0) is 0 Å². The van der Waals surface area contributed by atoms with Crippen LogP contribution in [0.3, 0.4) is 0 Å². The molecule has 0 radical (unpaired) electrons. The van der Waals surface area contributed by atoms with E-state index in [0.29, 0.717) is 5.89 Å². The normalized spacial score (nSPS) is 10.9. The quantitative estimate of drug-likeness (QED) is 0.659. The maximum atomic E-state index is 11.1. The van der Waals surface area contributed by atoms with Gasteiger partial charge in [-0.1, -0.05) is 30.3 Å².